The molecule has 0 aromatic rings. The third-order valence-electron chi connectivity index (χ3n) is 4.11. The highest BCUT2D eigenvalue weighted by Crippen LogP contribution is 2.42. The summed E-state index contributed by atoms with van der Waals surface area (Å²) in [5.74, 6) is 0.956. The first-order chi connectivity index (χ1) is 6.20. The highest BCUT2D eigenvalue weighted by atomic mass is 14.4. The Morgan fingerprint density at radius 1 is 0.846 bits per heavy atom. The van der Waals surface area contributed by atoms with Gasteiger partial charge in [0, 0.05) is 0 Å². The van der Waals surface area contributed by atoms with E-state index in [4.69, 9.17) is 0 Å². The standard InChI is InChI=1S/C13H28/c1-6-11-12(7-2)13(8-3,9-4)10-5/h12H,6-11H2,1-5H3. The normalized spacial score (nSPS) is 14.5. The van der Waals surface area contributed by atoms with Gasteiger partial charge in [0.05, 0.1) is 0 Å². The van der Waals surface area contributed by atoms with Gasteiger partial charge in [-0.2, -0.15) is 0 Å². The van der Waals surface area contributed by atoms with Crippen molar-refractivity contribution in [3.05, 3.63) is 0 Å². The zero-order chi connectivity index (χ0) is 10.3. The van der Waals surface area contributed by atoms with Crippen molar-refractivity contribution in [3.63, 3.8) is 0 Å². The van der Waals surface area contributed by atoms with Crippen LogP contribution in [0.5, 0.6) is 0 Å². The minimum Gasteiger partial charge on any atom is -0.0654 e. The first kappa shape index (κ1) is 13.0. The lowest BCUT2D eigenvalue weighted by Gasteiger charge is -2.39. The van der Waals surface area contributed by atoms with Gasteiger partial charge in [0.2, 0.25) is 0 Å². The topological polar surface area (TPSA) is 0 Å². The molecule has 1 atom stereocenters. The SMILES string of the molecule is CCCC(CC)C(CC)(CC)CC. The van der Waals surface area contributed by atoms with Gasteiger partial charge in [-0.3, -0.25) is 0 Å². The molecule has 0 bridgehead atoms. The summed E-state index contributed by atoms with van der Waals surface area (Å²) < 4.78 is 0. The van der Waals surface area contributed by atoms with Gasteiger partial charge in [-0.05, 0) is 11.3 Å². The van der Waals surface area contributed by atoms with Crippen molar-refractivity contribution in [1.29, 1.82) is 0 Å². The second-order valence-electron chi connectivity index (χ2n) is 4.32. The van der Waals surface area contributed by atoms with Crippen LogP contribution in [0.1, 0.15) is 73.1 Å². The summed E-state index contributed by atoms with van der Waals surface area (Å²) >= 11 is 0. The predicted octanol–water partition coefficient (Wildman–Crippen LogP) is 5.03. The van der Waals surface area contributed by atoms with Gasteiger partial charge in [-0.15, -0.1) is 0 Å². The van der Waals surface area contributed by atoms with Crippen LogP contribution in [0.3, 0.4) is 0 Å². The Kier molecular flexibility index (Phi) is 6.45. The predicted molar refractivity (Wildman–Crippen MR) is 62.0 cm³/mol. The smallest absolute Gasteiger partial charge is 0.0277 e. The monoisotopic (exact) mass is 184 g/mol. The largest absolute Gasteiger partial charge is 0.0654 e. The average Bonchev–Trinajstić information content (AvgIpc) is 2.19. The second-order valence-corrected chi connectivity index (χ2v) is 4.32. The lowest BCUT2D eigenvalue weighted by Crippen LogP contribution is -2.28. The van der Waals surface area contributed by atoms with Gasteiger partial charge in [0.15, 0.2) is 0 Å². The summed E-state index contributed by atoms with van der Waals surface area (Å²) in [5, 5.41) is 0. The van der Waals surface area contributed by atoms with Crippen molar-refractivity contribution < 1.29 is 0 Å². The quantitative estimate of drug-likeness (QED) is 0.520. The van der Waals surface area contributed by atoms with E-state index in [9.17, 15) is 0 Å². The van der Waals surface area contributed by atoms with Crippen LogP contribution in [0, 0.1) is 11.3 Å². The third kappa shape index (κ3) is 3.00. The maximum absolute atomic E-state index is 2.37. The average molecular weight is 184 g/mol. The Bertz CT molecular complexity index is 103. The molecule has 13 heavy (non-hydrogen) atoms. The zero-order valence-corrected chi connectivity index (χ0v) is 10.3. The Hall–Kier alpha value is 0. The Labute approximate surface area is 85.1 Å². The molecular weight excluding hydrogens is 156 g/mol. The summed E-state index contributed by atoms with van der Waals surface area (Å²) in [4.78, 5) is 0. The molecule has 0 aliphatic rings. The van der Waals surface area contributed by atoms with Crippen molar-refractivity contribution in [3.8, 4) is 0 Å². The second kappa shape index (κ2) is 6.45. The maximum atomic E-state index is 2.37. The molecule has 80 valence electrons. The molecule has 0 spiro atoms. The van der Waals surface area contributed by atoms with Crippen LogP contribution in [-0.4, -0.2) is 0 Å². The first-order valence-electron chi connectivity index (χ1n) is 6.20. The third-order valence-corrected chi connectivity index (χ3v) is 4.11. The summed E-state index contributed by atoms with van der Waals surface area (Å²) in [6.07, 6.45) is 8.21. The molecule has 0 saturated heterocycles. The highest BCUT2D eigenvalue weighted by molar-refractivity contribution is 4.82. The van der Waals surface area contributed by atoms with Crippen LogP contribution in [-0.2, 0) is 0 Å². The molecule has 0 aliphatic carbocycles. The van der Waals surface area contributed by atoms with Crippen molar-refractivity contribution in [2.75, 3.05) is 0 Å². The molecular formula is C13H28. The van der Waals surface area contributed by atoms with E-state index in [1.807, 2.05) is 0 Å². The molecule has 0 N–H and O–H groups in total. The fraction of sp³-hybridized carbons (Fsp3) is 1.00. The summed E-state index contributed by atoms with van der Waals surface area (Å²) in [6, 6.07) is 0. The molecule has 0 fully saturated rings. The van der Waals surface area contributed by atoms with E-state index in [-0.39, 0.29) is 0 Å². The fourth-order valence-corrected chi connectivity index (χ4v) is 2.91. The molecule has 0 saturated carbocycles. The summed E-state index contributed by atoms with van der Waals surface area (Å²) in [7, 11) is 0. The summed E-state index contributed by atoms with van der Waals surface area (Å²) in [6.45, 7) is 11.8. The Morgan fingerprint density at radius 3 is 1.54 bits per heavy atom. The van der Waals surface area contributed by atoms with E-state index in [2.05, 4.69) is 34.6 Å². The lowest BCUT2D eigenvalue weighted by molar-refractivity contribution is 0.121. The van der Waals surface area contributed by atoms with E-state index in [1.165, 1.54) is 38.5 Å². The molecule has 0 rings (SSSR count). The maximum Gasteiger partial charge on any atom is -0.0277 e. The fourth-order valence-electron chi connectivity index (χ4n) is 2.91. The molecule has 1 unspecified atom stereocenters. The Balaban J connectivity index is 4.45. The molecule has 0 amide bonds. The van der Waals surface area contributed by atoms with E-state index < -0.39 is 0 Å². The van der Waals surface area contributed by atoms with Crippen molar-refractivity contribution in [2.45, 2.75) is 73.1 Å². The first-order valence-corrected chi connectivity index (χ1v) is 6.20. The van der Waals surface area contributed by atoms with E-state index in [1.54, 1.807) is 0 Å². The van der Waals surface area contributed by atoms with Crippen LogP contribution in [0.2, 0.25) is 0 Å². The van der Waals surface area contributed by atoms with Crippen LogP contribution < -0.4 is 0 Å². The van der Waals surface area contributed by atoms with E-state index >= 15 is 0 Å². The Morgan fingerprint density at radius 2 is 1.31 bits per heavy atom. The minimum absolute atomic E-state index is 0.644. The number of rotatable bonds is 7. The van der Waals surface area contributed by atoms with Crippen LogP contribution in [0.25, 0.3) is 0 Å². The molecule has 0 heteroatoms. The molecule has 0 aromatic heterocycles. The molecule has 0 radical (unpaired) electrons. The van der Waals surface area contributed by atoms with Gasteiger partial charge in [-0.25, -0.2) is 0 Å². The van der Waals surface area contributed by atoms with Crippen LogP contribution in [0.15, 0.2) is 0 Å². The van der Waals surface area contributed by atoms with Gasteiger partial charge in [0.1, 0.15) is 0 Å². The van der Waals surface area contributed by atoms with Crippen molar-refractivity contribution in [1.82, 2.24) is 0 Å². The molecule has 0 nitrogen and oxygen atoms in total. The zero-order valence-electron chi connectivity index (χ0n) is 10.3. The number of hydrogen-bond donors (Lipinski definition) is 0. The summed E-state index contributed by atoms with van der Waals surface area (Å²) in [5.41, 5.74) is 0.644. The molecule has 0 aromatic carbocycles. The van der Waals surface area contributed by atoms with E-state index in [0.717, 1.165) is 5.92 Å². The van der Waals surface area contributed by atoms with Gasteiger partial charge in [-0.1, -0.05) is 73.1 Å². The van der Waals surface area contributed by atoms with Crippen molar-refractivity contribution in [2.24, 2.45) is 11.3 Å². The highest BCUT2D eigenvalue weighted by Gasteiger charge is 2.31. The van der Waals surface area contributed by atoms with Crippen molar-refractivity contribution >= 4 is 0 Å². The van der Waals surface area contributed by atoms with E-state index in [0.29, 0.717) is 5.41 Å². The van der Waals surface area contributed by atoms with Gasteiger partial charge in [0.25, 0.3) is 0 Å². The van der Waals surface area contributed by atoms with Crippen LogP contribution >= 0.6 is 0 Å². The number of hydrogen-bond acceptors (Lipinski definition) is 0. The van der Waals surface area contributed by atoms with Gasteiger partial charge < -0.3 is 0 Å². The molecule has 0 heterocycles. The van der Waals surface area contributed by atoms with Crippen LogP contribution in [0.4, 0.5) is 0 Å². The molecule has 0 aliphatic heterocycles. The lowest BCUT2D eigenvalue weighted by atomic mass is 9.67. The minimum atomic E-state index is 0.644. The van der Waals surface area contributed by atoms with Gasteiger partial charge >= 0.3 is 0 Å².